The van der Waals surface area contributed by atoms with Gasteiger partial charge >= 0.3 is 0 Å². The molecule has 0 saturated heterocycles. The number of carbonyl (C=O) groups is 1. The molecule has 1 heterocycles. The predicted octanol–water partition coefficient (Wildman–Crippen LogP) is 3.70. The summed E-state index contributed by atoms with van der Waals surface area (Å²) in [7, 11) is 0. The third kappa shape index (κ3) is 2.73. The molecule has 7 nitrogen and oxygen atoms in total. The largest absolute Gasteiger partial charge is 0.464 e. The summed E-state index contributed by atoms with van der Waals surface area (Å²) >= 11 is 6.07. The van der Waals surface area contributed by atoms with Crippen molar-refractivity contribution in [3.63, 3.8) is 0 Å². The molecule has 0 amide bonds. The lowest BCUT2D eigenvalue weighted by atomic mass is 9.59. The van der Waals surface area contributed by atoms with Crippen LogP contribution in [-0.4, -0.2) is 50.7 Å². The summed E-state index contributed by atoms with van der Waals surface area (Å²) < 4.78 is 11.7. The van der Waals surface area contributed by atoms with Gasteiger partial charge in [-0.1, -0.05) is 44.5 Å². The Kier molecular flexibility index (Phi) is 4.77. The van der Waals surface area contributed by atoms with Crippen molar-refractivity contribution < 1.29 is 29.4 Å². The zero-order chi connectivity index (χ0) is 25.1. The Morgan fingerprint density at radius 2 is 2.06 bits per heavy atom. The predicted molar refractivity (Wildman–Crippen MR) is 129 cm³/mol. The molecule has 0 aliphatic heterocycles. The van der Waals surface area contributed by atoms with Gasteiger partial charge in [-0.2, -0.15) is 0 Å². The minimum atomic E-state index is -2.03. The van der Waals surface area contributed by atoms with Crippen LogP contribution >= 0.6 is 11.6 Å². The number of carbonyl (C=O) groups excluding carboxylic acids is 1. The molecule has 4 aliphatic rings. The lowest BCUT2D eigenvalue weighted by molar-refractivity contribution is -0.186. The van der Waals surface area contributed by atoms with Crippen LogP contribution in [0.15, 0.2) is 46.0 Å². The maximum absolute atomic E-state index is 14.4. The average molecular weight is 500 g/mol. The van der Waals surface area contributed by atoms with Crippen LogP contribution in [0, 0.1) is 34.5 Å². The van der Waals surface area contributed by atoms with E-state index in [4.69, 9.17) is 20.9 Å². The van der Waals surface area contributed by atoms with Crippen molar-refractivity contribution in [3.05, 3.63) is 46.5 Å². The van der Waals surface area contributed by atoms with E-state index in [9.17, 15) is 20.1 Å². The minimum absolute atomic E-state index is 0.0190. The number of ketones is 1. The lowest BCUT2D eigenvalue weighted by Gasteiger charge is -2.48. The van der Waals surface area contributed by atoms with Crippen LogP contribution in [0.3, 0.4) is 0 Å². The van der Waals surface area contributed by atoms with E-state index in [0.29, 0.717) is 27.5 Å². The fourth-order valence-corrected chi connectivity index (χ4v) is 7.84. The van der Waals surface area contributed by atoms with E-state index >= 15 is 0 Å². The van der Waals surface area contributed by atoms with Crippen molar-refractivity contribution in [1.82, 2.24) is 5.16 Å². The molecule has 2 aromatic rings. The van der Waals surface area contributed by atoms with Gasteiger partial charge in [-0.25, -0.2) is 0 Å². The second kappa shape index (κ2) is 7.19. The second-order valence-electron chi connectivity index (χ2n) is 11.5. The number of benzene rings is 1. The Morgan fingerprint density at radius 1 is 1.31 bits per heavy atom. The van der Waals surface area contributed by atoms with Crippen LogP contribution < -0.4 is 4.74 Å². The van der Waals surface area contributed by atoms with Gasteiger partial charge < -0.3 is 24.6 Å². The molecular weight excluding hydrogens is 470 g/mol. The topological polar surface area (TPSA) is 113 Å². The average Bonchev–Trinajstić information content (AvgIpc) is 3.09. The number of rotatable bonds is 3. The van der Waals surface area contributed by atoms with Crippen LogP contribution in [0.5, 0.6) is 5.88 Å². The highest BCUT2D eigenvalue weighted by molar-refractivity contribution is 6.31. The van der Waals surface area contributed by atoms with Crippen molar-refractivity contribution in [3.8, 4) is 5.88 Å². The van der Waals surface area contributed by atoms with Gasteiger partial charge in [0.15, 0.2) is 23.1 Å². The molecule has 2 saturated carbocycles. The number of aliphatic hydroxyl groups is 3. The maximum Gasteiger partial charge on any atom is 0.262 e. The molecule has 6 rings (SSSR count). The molecule has 3 N–H and O–H groups in total. The standard InChI is InChI=1S/C27H30ClNO6/c1-12-10-26-13(2)7-18-20(25(18,3)4)17(22(26)32)8-14(11-30)21(31)27(26,33)23(12)34-24-16-6-5-15(28)9-19(16)35-29-24/h5-6,8-10,13,17-18,20-21,23,30-31,33H,7,11H2,1-4H3/t13-,17+,18-,20+,21-,23+,26+,27+/m1/s1. The van der Waals surface area contributed by atoms with Gasteiger partial charge in [0.05, 0.1) is 17.4 Å². The summed E-state index contributed by atoms with van der Waals surface area (Å²) in [4.78, 5) is 14.4. The summed E-state index contributed by atoms with van der Waals surface area (Å²) in [6.45, 7) is 7.65. The fraction of sp³-hybridized carbons (Fsp3) is 0.556. The third-order valence-corrected chi connectivity index (χ3v) is 9.76. The molecule has 8 heteroatoms. The summed E-state index contributed by atoms with van der Waals surface area (Å²) in [6.07, 6.45) is 1.69. The highest BCUT2D eigenvalue weighted by atomic mass is 35.5. The third-order valence-electron chi connectivity index (χ3n) is 9.53. The number of hydrogen-bond acceptors (Lipinski definition) is 7. The molecule has 2 fully saturated rings. The number of fused-ring (bicyclic) bond motifs is 4. The van der Waals surface area contributed by atoms with E-state index in [1.165, 1.54) is 0 Å². The molecule has 8 atom stereocenters. The van der Waals surface area contributed by atoms with Crippen molar-refractivity contribution >= 4 is 28.4 Å². The van der Waals surface area contributed by atoms with E-state index in [-0.39, 0.29) is 34.5 Å². The number of Topliss-reactive ketones (excluding diaryl/α,β-unsaturated/α-hetero) is 1. The van der Waals surface area contributed by atoms with Gasteiger partial charge in [0.25, 0.3) is 5.88 Å². The zero-order valence-electron chi connectivity index (χ0n) is 20.2. The highest BCUT2D eigenvalue weighted by Crippen LogP contribution is 2.71. The first-order valence-electron chi connectivity index (χ1n) is 12.2. The first-order chi connectivity index (χ1) is 16.5. The summed E-state index contributed by atoms with van der Waals surface area (Å²) in [6, 6.07) is 5.02. The molecule has 0 radical (unpaired) electrons. The quantitative estimate of drug-likeness (QED) is 0.552. The van der Waals surface area contributed by atoms with E-state index in [0.717, 1.165) is 6.42 Å². The molecule has 1 aromatic carbocycles. The molecular formula is C27H30ClNO6. The lowest BCUT2D eigenvalue weighted by Crippen LogP contribution is -2.66. The number of hydrogen-bond donors (Lipinski definition) is 3. The summed E-state index contributed by atoms with van der Waals surface area (Å²) in [5.74, 6) is -0.305. The summed E-state index contributed by atoms with van der Waals surface area (Å²) in [5, 5.41) is 39.5. The van der Waals surface area contributed by atoms with Crippen LogP contribution in [0.4, 0.5) is 0 Å². The van der Waals surface area contributed by atoms with E-state index in [1.807, 2.05) is 13.0 Å². The Bertz CT molecular complexity index is 1310. The molecule has 186 valence electrons. The summed E-state index contributed by atoms with van der Waals surface area (Å²) in [5.41, 5.74) is -2.12. The normalized spacial score (nSPS) is 41.4. The van der Waals surface area contributed by atoms with Gasteiger partial charge in [0, 0.05) is 17.0 Å². The SMILES string of the molecule is CC1=C[C@]23C(=O)[C@@H](C=C(CO)[C@@H](O)[C@]2(O)[C@H]1Oc1noc2cc(Cl)ccc12)[C@H]1[C@@H](C[C@H]3C)C1(C)C. The molecule has 1 spiro atoms. The van der Waals surface area contributed by atoms with Crippen LogP contribution in [-0.2, 0) is 4.79 Å². The van der Waals surface area contributed by atoms with Gasteiger partial charge in [-0.3, -0.25) is 4.79 Å². The van der Waals surface area contributed by atoms with Crippen LogP contribution in [0.25, 0.3) is 11.0 Å². The Morgan fingerprint density at radius 3 is 2.77 bits per heavy atom. The van der Waals surface area contributed by atoms with Crippen molar-refractivity contribution in [2.75, 3.05) is 6.61 Å². The van der Waals surface area contributed by atoms with E-state index in [1.54, 1.807) is 31.2 Å². The zero-order valence-corrected chi connectivity index (χ0v) is 20.9. The fourth-order valence-electron chi connectivity index (χ4n) is 7.68. The number of nitrogens with zero attached hydrogens (tertiary/aromatic N) is 1. The Labute approximate surface area is 208 Å². The Balaban J connectivity index is 1.51. The monoisotopic (exact) mass is 499 g/mol. The number of allylic oxidation sites excluding steroid dienone is 1. The van der Waals surface area contributed by atoms with E-state index in [2.05, 4.69) is 19.0 Å². The minimum Gasteiger partial charge on any atom is -0.464 e. The van der Waals surface area contributed by atoms with Gasteiger partial charge in [0.1, 0.15) is 6.10 Å². The number of aliphatic hydroxyl groups excluding tert-OH is 2. The number of halogens is 1. The van der Waals surface area contributed by atoms with Gasteiger partial charge in [-0.05, 0) is 64.9 Å². The molecule has 0 unspecified atom stereocenters. The number of ether oxygens (including phenoxy) is 1. The van der Waals surface area contributed by atoms with Crippen molar-refractivity contribution in [2.45, 2.75) is 51.9 Å². The van der Waals surface area contributed by atoms with Crippen LogP contribution in [0.1, 0.15) is 34.1 Å². The maximum atomic E-state index is 14.4. The number of aromatic nitrogens is 1. The second-order valence-corrected chi connectivity index (χ2v) is 11.9. The Hall–Kier alpha value is -2.19. The first-order valence-corrected chi connectivity index (χ1v) is 12.5. The molecule has 1 aromatic heterocycles. The van der Waals surface area contributed by atoms with Crippen molar-refractivity contribution in [1.29, 1.82) is 0 Å². The first kappa shape index (κ1) is 23.2. The molecule has 4 aliphatic carbocycles. The van der Waals surface area contributed by atoms with Gasteiger partial charge in [-0.15, -0.1) is 0 Å². The van der Waals surface area contributed by atoms with E-state index < -0.39 is 35.7 Å². The smallest absolute Gasteiger partial charge is 0.262 e. The highest BCUT2D eigenvalue weighted by Gasteiger charge is 2.76. The van der Waals surface area contributed by atoms with Gasteiger partial charge in [0.2, 0.25) is 0 Å². The van der Waals surface area contributed by atoms with Crippen LogP contribution in [0.2, 0.25) is 5.02 Å². The van der Waals surface area contributed by atoms with Crippen molar-refractivity contribution in [2.24, 2.45) is 34.5 Å². The molecule has 2 bridgehead atoms. The molecule has 35 heavy (non-hydrogen) atoms.